The van der Waals surface area contributed by atoms with Gasteiger partial charge < -0.3 is 9.64 Å². The van der Waals surface area contributed by atoms with Gasteiger partial charge in [-0.15, -0.1) is 0 Å². The topological polar surface area (TPSA) is 29.5 Å². The highest BCUT2D eigenvalue weighted by Crippen LogP contribution is 2.38. The quantitative estimate of drug-likeness (QED) is 0.675. The predicted octanol–water partition coefficient (Wildman–Crippen LogP) is 2.58. The molecule has 0 N–H and O–H groups in total. The first-order valence-electron chi connectivity index (χ1n) is 6.06. The molecule has 94 valence electrons. The Kier molecular flexibility index (Phi) is 5.76. The fourth-order valence-electron chi connectivity index (χ4n) is 2.14. The largest absolute Gasteiger partial charge is 0.378 e. The highest BCUT2D eigenvalue weighted by molar-refractivity contribution is 9.09. The maximum atomic E-state index is 12.1. The van der Waals surface area contributed by atoms with Crippen LogP contribution in [0.25, 0.3) is 0 Å². The summed E-state index contributed by atoms with van der Waals surface area (Å²) in [7, 11) is 1.72. The highest BCUT2D eigenvalue weighted by atomic mass is 79.9. The number of methoxy groups -OCH3 is 1. The number of carbonyl (C=O) groups is 1. The maximum absolute atomic E-state index is 12.1. The summed E-state index contributed by atoms with van der Waals surface area (Å²) in [6.07, 6.45) is 4.82. The average molecular weight is 292 g/mol. The van der Waals surface area contributed by atoms with E-state index < -0.39 is 0 Å². The molecule has 16 heavy (non-hydrogen) atoms. The van der Waals surface area contributed by atoms with Crippen LogP contribution in [-0.4, -0.2) is 41.9 Å². The van der Waals surface area contributed by atoms with Gasteiger partial charge in [0.15, 0.2) is 0 Å². The molecule has 1 aliphatic rings. The van der Waals surface area contributed by atoms with Crippen molar-refractivity contribution in [3.05, 3.63) is 0 Å². The number of nitrogens with zero attached hydrogens (tertiary/aromatic N) is 1. The molecule has 1 fully saturated rings. The first kappa shape index (κ1) is 14.0. The Morgan fingerprint density at radius 2 is 2.12 bits per heavy atom. The average Bonchev–Trinajstić information content (AvgIpc) is 2.23. The smallest absolute Gasteiger partial charge is 0.225 e. The monoisotopic (exact) mass is 291 g/mol. The van der Waals surface area contributed by atoms with Crippen LogP contribution >= 0.6 is 15.9 Å². The number of amides is 1. The van der Waals surface area contributed by atoms with E-state index in [-0.39, 0.29) is 11.5 Å². The van der Waals surface area contributed by atoms with Gasteiger partial charge in [0.25, 0.3) is 0 Å². The zero-order chi connectivity index (χ0) is 12.0. The van der Waals surface area contributed by atoms with Crippen LogP contribution in [0.4, 0.5) is 0 Å². The first-order valence-corrected chi connectivity index (χ1v) is 7.18. The van der Waals surface area contributed by atoms with Crippen molar-refractivity contribution < 1.29 is 9.53 Å². The summed E-state index contributed by atoms with van der Waals surface area (Å²) in [5.41, 5.74) is -0.143. The van der Waals surface area contributed by atoms with Crippen molar-refractivity contribution in [1.29, 1.82) is 0 Å². The van der Waals surface area contributed by atoms with Crippen molar-refractivity contribution in [1.82, 2.24) is 4.90 Å². The molecule has 0 aliphatic heterocycles. The van der Waals surface area contributed by atoms with Gasteiger partial charge in [0, 0.05) is 25.5 Å². The predicted molar refractivity (Wildman–Crippen MR) is 68.9 cm³/mol. The van der Waals surface area contributed by atoms with Crippen molar-refractivity contribution in [2.45, 2.75) is 44.6 Å². The van der Waals surface area contributed by atoms with Gasteiger partial charge >= 0.3 is 0 Å². The van der Waals surface area contributed by atoms with Gasteiger partial charge in [0.1, 0.15) is 0 Å². The number of halogens is 1. The van der Waals surface area contributed by atoms with Crippen LogP contribution in [0, 0.1) is 0 Å². The lowest BCUT2D eigenvalue weighted by molar-refractivity contribution is -0.143. The summed E-state index contributed by atoms with van der Waals surface area (Å²) >= 11 is 3.39. The van der Waals surface area contributed by atoms with E-state index in [1.165, 1.54) is 6.42 Å². The summed E-state index contributed by atoms with van der Waals surface area (Å²) in [6.45, 7) is 3.75. The second-order valence-corrected chi connectivity index (χ2v) is 5.28. The van der Waals surface area contributed by atoms with Crippen LogP contribution < -0.4 is 0 Å². The minimum atomic E-state index is -0.143. The molecule has 1 aliphatic carbocycles. The molecule has 0 heterocycles. The number of alkyl halides is 1. The molecule has 1 rings (SSSR count). The second kappa shape index (κ2) is 6.60. The number of rotatable bonds is 7. The van der Waals surface area contributed by atoms with Crippen LogP contribution in [-0.2, 0) is 9.53 Å². The number of hydrogen-bond acceptors (Lipinski definition) is 2. The summed E-state index contributed by atoms with van der Waals surface area (Å²) in [5, 5.41) is 0.846. The van der Waals surface area contributed by atoms with E-state index in [1.54, 1.807) is 7.11 Å². The van der Waals surface area contributed by atoms with Gasteiger partial charge in [0.05, 0.1) is 12.0 Å². The summed E-state index contributed by atoms with van der Waals surface area (Å²) < 4.78 is 5.49. The molecule has 1 saturated carbocycles. The Bertz CT molecular complexity index is 218. The first-order chi connectivity index (χ1) is 7.67. The van der Waals surface area contributed by atoms with Gasteiger partial charge in [-0.1, -0.05) is 22.9 Å². The number of carbonyl (C=O) groups excluding carboxylic acids is 1. The van der Waals surface area contributed by atoms with Crippen molar-refractivity contribution in [3.63, 3.8) is 0 Å². The Balaban J connectivity index is 2.47. The molecule has 0 aromatic carbocycles. The van der Waals surface area contributed by atoms with Crippen molar-refractivity contribution in [2.75, 3.05) is 25.5 Å². The summed E-state index contributed by atoms with van der Waals surface area (Å²) in [5.74, 6) is 0.239. The molecule has 0 aromatic rings. The fourth-order valence-corrected chi connectivity index (χ4v) is 2.57. The lowest BCUT2D eigenvalue weighted by Crippen LogP contribution is -2.45. The number of hydrogen-bond donors (Lipinski definition) is 0. The van der Waals surface area contributed by atoms with E-state index in [1.807, 2.05) is 4.90 Å². The third-order valence-electron chi connectivity index (χ3n) is 3.37. The maximum Gasteiger partial charge on any atom is 0.225 e. The van der Waals surface area contributed by atoms with E-state index in [9.17, 15) is 4.79 Å². The van der Waals surface area contributed by atoms with Crippen LogP contribution in [0.2, 0.25) is 0 Å². The van der Waals surface area contributed by atoms with Crippen LogP contribution in [0.1, 0.15) is 39.0 Å². The molecule has 0 radical (unpaired) electrons. The van der Waals surface area contributed by atoms with Crippen molar-refractivity contribution in [3.8, 4) is 0 Å². The van der Waals surface area contributed by atoms with Crippen LogP contribution in [0.15, 0.2) is 0 Å². The van der Waals surface area contributed by atoms with Gasteiger partial charge in [-0.2, -0.15) is 0 Å². The van der Waals surface area contributed by atoms with E-state index in [0.29, 0.717) is 6.42 Å². The standard InChI is InChI=1S/C12H22BrNO2/c1-3-8-14(9-7-13)11(15)10-12(16-2)5-4-6-12/h3-10H2,1-2H3. The molecule has 0 saturated heterocycles. The molecular formula is C12H22BrNO2. The fraction of sp³-hybridized carbons (Fsp3) is 0.917. The lowest BCUT2D eigenvalue weighted by atomic mass is 9.77. The second-order valence-electron chi connectivity index (χ2n) is 4.49. The summed E-state index contributed by atoms with van der Waals surface area (Å²) in [4.78, 5) is 14.1. The summed E-state index contributed by atoms with van der Waals surface area (Å²) in [6, 6.07) is 0. The molecule has 1 amide bonds. The molecule has 0 atom stereocenters. The van der Waals surface area contributed by atoms with Crippen LogP contribution in [0.3, 0.4) is 0 Å². The van der Waals surface area contributed by atoms with E-state index in [4.69, 9.17) is 4.74 Å². The van der Waals surface area contributed by atoms with Crippen molar-refractivity contribution in [2.24, 2.45) is 0 Å². The minimum Gasteiger partial charge on any atom is -0.378 e. The Hall–Kier alpha value is -0.0900. The molecule has 3 nitrogen and oxygen atoms in total. The molecular weight excluding hydrogens is 270 g/mol. The third kappa shape index (κ3) is 3.45. The van der Waals surface area contributed by atoms with Gasteiger partial charge in [-0.25, -0.2) is 0 Å². The molecule has 0 aromatic heterocycles. The third-order valence-corrected chi connectivity index (χ3v) is 3.73. The highest BCUT2D eigenvalue weighted by Gasteiger charge is 2.39. The molecule has 0 spiro atoms. The zero-order valence-corrected chi connectivity index (χ0v) is 11.9. The van der Waals surface area contributed by atoms with Gasteiger partial charge in [-0.05, 0) is 25.7 Å². The Labute approximate surface area is 107 Å². The molecule has 4 heteroatoms. The van der Waals surface area contributed by atoms with Gasteiger partial charge in [0.2, 0.25) is 5.91 Å². The van der Waals surface area contributed by atoms with Crippen molar-refractivity contribution >= 4 is 21.8 Å². The Morgan fingerprint density at radius 3 is 2.50 bits per heavy atom. The number of ether oxygens (including phenoxy) is 1. The van der Waals surface area contributed by atoms with E-state index in [2.05, 4.69) is 22.9 Å². The SMILES string of the molecule is CCCN(CCBr)C(=O)CC1(OC)CCC1. The van der Waals surface area contributed by atoms with E-state index in [0.717, 1.165) is 37.7 Å². The van der Waals surface area contributed by atoms with Crippen LogP contribution in [0.5, 0.6) is 0 Å². The van der Waals surface area contributed by atoms with Gasteiger partial charge in [-0.3, -0.25) is 4.79 Å². The molecule has 0 unspecified atom stereocenters. The lowest BCUT2D eigenvalue weighted by Gasteiger charge is -2.41. The Morgan fingerprint density at radius 1 is 1.44 bits per heavy atom. The normalized spacial score (nSPS) is 17.9. The zero-order valence-electron chi connectivity index (χ0n) is 10.3. The van der Waals surface area contributed by atoms with E-state index >= 15 is 0 Å². The molecule has 0 bridgehead atoms. The minimum absolute atomic E-state index is 0.143.